The Morgan fingerprint density at radius 1 is 1.31 bits per heavy atom. The maximum atomic E-state index is 3.49. The van der Waals surface area contributed by atoms with E-state index in [-0.39, 0.29) is 0 Å². The Morgan fingerprint density at radius 3 is 2.69 bits per heavy atom. The van der Waals surface area contributed by atoms with Crippen molar-refractivity contribution >= 4 is 11.8 Å². The van der Waals surface area contributed by atoms with Crippen LogP contribution in [0.1, 0.15) is 38.3 Å². The van der Waals surface area contributed by atoms with Gasteiger partial charge in [0.05, 0.1) is 0 Å². The summed E-state index contributed by atoms with van der Waals surface area (Å²) >= 11 is 1.97. The third-order valence-electron chi connectivity index (χ3n) is 2.38. The monoisotopic (exact) mass is 237 g/mol. The predicted molar refractivity (Wildman–Crippen MR) is 74.2 cm³/mol. The summed E-state index contributed by atoms with van der Waals surface area (Å²) in [6.45, 7) is 9.75. The average molecular weight is 237 g/mol. The first-order valence-corrected chi connectivity index (χ1v) is 7.07. The van der Waals surface area contributed by atoms with Crippen molar-refractivity contribution in [1.29, 1.82) is 0 Å². The second kappa shape index (κ2) is 6.97. The van der Waals surface area contributed by atoms with Gasteiger partial charge in [0, 0.05) is 17.5 Å². The van der Waals surface area contributed by atoms with Crippen LogP contribution in [-0.2, 0) is 6.54 Å². The molecule has 0 atom stereocenters. The summed E-state index contributed by atoms with van der Waals surface area (Å²) in [6.07, 6.45) is 1.23. The molecule has 0 aliphatic rings. The van der Waals surface area contributed by atoms with Crippen LogP contribution in [0.5, 0.6) is 0 Å². The van der Waals surface area contributed by atoms with E-state index in [0.29, 0.717) is 6.04 Å². The molecule has 0 aromatic heterocycles. The van der Waals surface area contributed by atoms with Gasteiger partial charge in [-0.15, -0.1) is 11.8 Å². The lowest BCUT2D eigenvalue weighted by atomic mass is 10.1. The van der Waals surface area contributed by atoms with Gasteiger partial charge in [-0.25, -0.2) is 0 Å². The third kappa shape index (κ3) is 4.58. The normalized spacial score (nSPS) is 11.1. The summed E-state index contributed by atoms with van der Waals surface area (Å²) in [7, 11) is 0. The first-order chi connectivity index (χ1) is 7.63. The summed E-state index contributed by atoms with van der Waals surface area (Å²) in [4.78, 5) is 1.43. The van der Waals surface area contributed by atoms with Crippen molar-refractivity contribution in [3.8, 4) is 0 Å². The number of hydrogen-bond donors (Lipinski definition) is 1. The number of thioether (sulfide) groups is 1. The molecular weight excluding hydrogens is 214 g/mol. The zero-order valence-electron chi connectivity index (χ0n) is 10.8. The van der Waals surface area contributed by atoms with Crippen molar-refractivity contribution in [1.82, 2.24) is 5.32 Å². The highest BCUT2D eigenvalue weighted by Gasteiger charge is 2.03. The van der Waals surface area contributed by atoms with E-state index in [0.717, 1.165) is 6.54 Å². The van der Waals surface area contributed by atoms with E-state index < -0.39 is 0 Å². The second-order valence-electron chi connectivity index (χ2n) is 4.50. The number of hydrogen-bond acceptors (Lipinski definition) is 2. The number of aryl methyl sites for hydroxylation is 1. The van der Waals surface area contributed by atoms with Gasteiger partial charge >= 0.3 is 0 Å². The van der Waals surface area contributed by atoms with Gasteiger partial charge in [-0.2, -0.15) is 0 Å². The van der Waals surface area contributed by atoms with E-state index in [1.54, 1.807) is 0 Å². The first kappa shape index (κ1) is 13.6. The predicted octanol–water partition coefficient (Wildman–Crippen LogP) is 4.00. The quantitative estimate of drug-likeness (QED) is 0.751. The van der Waals surface area contributed by atoms with E-state index in [9.17, 15) is 0 Å². The van der Waals surface area contributed by atoms with Crippen molar-refractivity contribution in [2.75, 3.05) is 5.75 Å². The van der Waals surface area contributed by atoms with E-state index in [1.807, 2.05) is 11.8 Å². The van der Waals surface area contributed by atoms with Crippen LogP contribution in [0, 0.1) is 6.92 Å². The molecule has 2 heteroatoms. The standard InChI is InChI=1S/C14H23NS/c1-5-8-16-14-7-6-12(4)9-13(14)10-15-11(2)3/h6-7,9,11,15H,5,8,10H2,1-4H3. The molecule has 0 unspecified atom stereocenters. The van der Waals surface area contributed by atoms with Crippen molar-refractivity contribution in [2.45, 2.75) is 51.6 Å². The molecule has 0 aliphatic heterocycles. The summed E-state index contributed by atoms with van der Waals surface area (Å²) in [5.74, 6) is 1.21. The molecule has 16 heavy (non-hydrogen) atoms. The van der Waals surface area contributed by atoms with Gasteiger partial charge in [0.2, 0.25) is 0 Å². The SMILES string of the molecule is CCCSc1ccc(C)cc1CNC(C)C. The molecule has 90 valence electrons. The molecule has 0 amide bonds. The molecule has 1 N–H and O–H groups in total. The van der Waals surface area contributed by atoms with Crippen LogP contribution in [0.4, 0.5) is 0 Å². The van der Waals surface area contributed by atoms with Crippen LogP contribution in [0.3, 0.4) is 0 Å². The molecule has 1 aromatic rings. The average Bonchev–Trinajstić information content (AvgIpc) is 2.25. The van der Waals surface area contributed by atoms with Crippen LogP contribution in [0.25, 0.3) is 0 Å². The van der Waals surface area contributed by atoms with Crippen LogP contribution in [0.2, 0.25) is 0 Å². The highest BCUT2D eigenvalue weighted by atomic mass is 32.2. The molecular formula is C14H23NS. The molecule has 0 aliphatic carbocycles. The molecule has 0 saturated carbocycles. The van der Waals surface area contributed by atoms with Crippen molar-refractivity contribution < 1.29 is 0 Å². The highest BCUT2D eigenvalue weighted by molar-refractivity contribution is 7.99. The van der Waals surface area contributed by atoms with Gasteiger partial charge in [0.1, 0.15) is 0 Å². The Bertz CT molecular complexity index is 321. The number of rotatable bonds is 6. The van der Waals surface area contributed by atoms with Gasteiger partial charge in [0.15, 0.2) is 0 Å². The number of nitrogens with one attached hydrogen (secondary N) is 1. The Balaban J connectivity index is 2.72. The van der Waals surface area contributed by atoms with Gasteiger partial charge in [-0.3, -0.25) is 0 Å². The minimum Gasteiger partial charge on any atom is -0.310 e. The largest absolute Gasteiger partial charge is 0.310 e. The van der Waals surface area contributed by atoms with Crippen molar-refractivity contribution in [3.05, 3.63) is 29.3 Å². The van der Waals surface area contributed by atoms with Gasteiger partial charge in [0.25, 0.3) is 0 Å². The van der Waals surface area contributed by atoms with Crippen molar-refractivity contribution in [3.63, 3.8) is 0 Å². The van der Waals surface area contributed by atoms with E-state index in [1.165, 1.54) is 28.2 Å². The molecule has 1 rings (SSSR count). The Hall–Kier alpha value is -0.470. The molecule has 0 saturated heterocycles. The van der Waals surface area contributed by atoms with Crippen LogP contribution in [-0.4, -0.2) is 11.8 Å². The Kier molecular flexibility index (Phi) is 5.93. The summed E-state index contributed by atoms with van der Waals surface area (Å²) < 4.78 is 0. The molecule has 0 bridgehead atoms. The van der Waals surface area contributed by atoms with Gasteiger partial charge < -0.3 is 5.32 Å². The van der Waals surface area contributed by atoms with E-state index in [4.69, 9.17) is 0 Å². The van der Waals surface area contributed by atoms with E-state index >= 15 is 0 Å². The molecule has 0 heterocycles. The smallest absolute Gasteiger partial charge is 0.0219 e. The molecule has 0 radical (unpaired) electrons. The van der Waals surface area contributed by atoms with Gasteiger partial charge in [-0.05, 0) is 30.7 Å². The van der Waals surface area contributed by atoms with Crippen LogP contribution >= 0.6 is 11.8 Å². The van der Waals surface area contributed by atoms with E-state index in [2.05, 4.69) is 51.2 Å². The lowest BCUT2D eigenvalue weighted by molar-refractivity contribution is 0.584. The highest BCUT2D eigenvalue weighted by Crippen LogP contribution is 2.24. The van der Waals surface area contributed by atoms with Crippen LogP contribution in [0.15, 0.2) is 23.1 Å². The summed E-state index contributed by atoms with van der Waals surface area (Å²) in [5.41, 5.74) is 2.79. The number of benzene rings is 1. The fourth-order valence-electron chi connectivity index (χ4n) is 1.51. The molecule has 0 fully saturated rings. The Labute approximate surface area is 104 Å². The lowest BCUT2D eigenvalue weighted by Gasteiger charge is -2.13. The fraction of sp³-hybridized carbons (Fsp3) is 0.571. The molecule has 0 spiro atoms. The third-order valence-corrected chi connectivity index (χ3v) is 3.70. The zero-order chi connectivity index (χ0) is 12.0. The van der Waals surface area contributed by atoms with Gasteiger partial charge in [-0.1, -0.05) is 38.5 Å². The molecule has 1 aromatic carbocycles. The first-order valence-electron chi connectivity index (χ1n) is 6.09. The maximum Gasteiger partial charge on any atom is 0.0219 e. The molecule has 1 nitrogen and oxygen atoms in total. The lowest BCUT2D eigenvalue weighted by Crippen LogP contribution is -2.22. The fourth-order valence-corrected chi connectivity index (χ4v) is 2.42. The van der Waals surface area contributed by atoms with Crippen molar-refractivity contribution in [2.24, 2.45) is 0 Å². The minimum atomic E-state index is 0.546. The second-order valence-corrected chi connectivity index (χ2v) is 5.63. The zero-order valence-corrected chi connectivity index (χ0v) is 11.7. The topological polar surface area (TPSA) is 12.0 Å². The maximum absolute atomic E-state index is 3.49. The van der Waals surface area contributed by atoms with Crippen LogP contribution < -0.4 is 5.32 Å². The Morgan fingerprint density at radius 2 is 2.06 bits per heavy atom. The minimum absolute atomic E-state index is 0.546. The summed E-state index contributed by atoms with van der Waals surface area (Å²) in [5, 5.41) is 3.49. The summed E-state index contributed by atoms with van der Waals surface area (Å²) in [6, 6.07) is 7.31.